The Bertz CT molecular complexity index is 772. The molecule has 0 aliphatic rings. The average molecular weight is 303 g/mol. The van der Waals surface area contributed by atoms with Gasteiger partial charge in [0.25, 0.3) is 0 Å². The third-order valence-electron chi connectivity index (χ3n) is 3.96. The van der Waals surface area contributed by atoms with E-state index in [4.69, 9.17) is 0 Å². The predicted molar refractivity (Wildman–Crippen MR) is 81.8 cm³/mol. The van der Waals surface area contributed by atoms with Crippen molar-refractivity contribution >= 4 is 10.9 Å². The van der Waals surface area contributed by atoms with Crippen molar-refractivity contribution in [2.45, 2.75) is 25.6 Å². The molecule has 0 saturated carbocycles. The second-order valence-corrected chi connectivity index (χ2v) is 5.33. The van der Waals surface area contributed by atoms with Gasteiger partial charge in [-0.15, -0.1) is 0 Å². The molecule has 1 unspecified atom stereocenters. The van der Waals surface area contributed by atoms with Crippen LogP contribution in [0.1, 0.15) is 30.5 Å². The minimum Gasteiger partial charge on any atom is -0.340 e. The monoisotopic (exact) mass is 303 g/mol. The van der Waals surface area contributed by atoms with Crippen molar-refractivity contribution in [3.63, 3.8) is 0 Å². The Morgan fingerprint density at radius 3 is 2.36 bits per heavy atom. The lowest BCUT2D eigenvalue weighted by Gasteiger charge is -2.19. The van der Waals surface area contributed by atoms with Crippen LogP contribution in [0.15, 0.2) is 60.8 Å². The van der Waals surface area contributed by atoms with Crippen LogP contribution in [0.2, 0.25) is 0 Å². The molecule has 0 saturated heterocycles. The molecule has 3 aromatic rings. The maximum absolute atomic E-state index is 13.0. The average Bonchev–Trinajstić information content (AvgIpc) is 2.92. The molecule has 1 aromatic heterocycles. The standard InChI is InChI=1S/C18H16F3N/c1-2-16(13-6-4-3-5-7-13)22-11-10-14-8-9-15(12-17(14)22)18(19,20)21/h3-12,16H,2H2,1H3. The Kier molecular flexibility index (Phi) is 3.69. The van der Waals surface area contributed by atoms with Crippen LogP contribution in [0.5, 0.6) is 0 Å². The number of hydrogen-bond donors (Lipinski definition) is 0. The van der Waals surface area contributed by atoms with Gasteiger partial charge in [0, 0.05) is 11.7 Å². The van der Waals surface area contributed by atoms with E-state index in [1.54, 1.807) is 0 Å². The lowest BCUT2D eigenvalue weighted by atomic mass is 10.0. The zero-order valence-corrected chi connectivity index (χ0v) is 12.1. The Labute approximate surface area is 127 Å². The largest absolute Gasteiger partial charge is 0.416 e. The van der Waals surface area contributed by atoms with E-state index in [2.05, 4.69) is 0 Å². The van der Waals surface area contributed by atoms with Crippen molar-refractivity contribution in [3.8, 4) is 0 Å². The molecule has 1 atom stereocenters. The highest BCUT2D eigenvalue weighted by Crippen LogP contribution is 2.34. The van der Waals surface area contributed by atoms with Crippen LogP contribution in [0, 0.1) is 0 Å². The van der Waals surface area contributed by atoms with Crippen LogP contribution in [-0.2, 0) is 6.18 Å². The number of hydrogen-bond acceptors (Lipinski definition) is 0. The molecule has 0 N–H and O–H groups in total. The Morgan fingerprint density at radius 1 is 1.00 bits per heavy atom. The lowest BCUT2D eigenvalue weighted by Crippen LogP contribution is -2.09. The molecule has 0 aliphatic carbocycles. The predicted octanol–water partition coefficient (Wildman–Crippen LogP) is 5.66. The molecule has 114 valence electrons. The van der Waals surface area contributed by atoms with Crippen LogP contribution < -0.4 is 0 Å². The number of nitrogens with zero attached hydrogens (tertiary/aromatic N) is 1. The number of rotatable bonds is 3. The molecule has 4 heteroatoms. The summed E-state index contributed by atoms with van der Waals surface area (Å²) in [5, 5.41) is 0.822. The molecule has 0 radical (unpaired) electrons. The van der Waals surface area contributed by atoms with Gasteiger partial charge in [-0.05, 0) is 35.6 Å². The molecule has 2 aromatic carbocycles. The normalized spacial score (nSPS) is 13.5. The minimum absolute atomic E-state index is 0.0298. The van der Waals surface area contributed by atoms with E-state index < -0.39 is 11.7 Å². The Morgan fingerprint density at radius 2 is 1.73 bits per heavy atom. The first-order chi connectivity index (χ1) is 10.5. The summed E-state index contributed by atoms with van der Waals surface area (Å²) in [7, 11) is 0. The summed E-state index contributed by atoms with van der Waals surface area (Å²) >= 11 is 0. The lowest BCUT2D eigenvalue weighted by molar-refractivity contribution is -0.137. The van der Waals surface area contributed by atoms with Crippen molar-refractivity contribution in [3.05, 3.63) is 71.9 Å². The number of benzene rings is 2. The van der Waals surface area contributed by atoms with Crippen molar-refractivity contribution in [2.75, 3.05) is 0 Å². The fourth-order valence-electron chi connectivity index (χ4n) is 2.87. The van der Waals surface area contributed by atoms with Crippen LogP contribution in [0.3, 0.4) is 0 Å². The summed E-state index contributed by atoms with van der Waals surface area (Å²) in [5.41, 5.74) is 1.10. The van der Waals surface area contributed by atoms with E-state index in [-0.39, 0.29) is 6.04 Å². The van der Waals surface area contributed by atoms with Gasteiger partial charge in [0.15, 0.2) is 0 Å². The van der Waals surface area contributed by atoms with Gasteiger partial charge in [0.05, 0.1) is 11.6 Å². The third kappa shape index (κ3) is 2.61. The van der Waals surface area contributed by atoms with Gasteiger partial charge < -0.3 is 4.57 Å². The molecule has 1 nitrogen and oxygen atoms in total. The van der Waals surface area contributed by atoms with Gasteiger partial charge in [-0.2, -0.15) is 13.2 Å². The van der Waals surface area contributed by atoms with Crippen molar-refractivity contribution in [1.82, 2.24) is 4.57 Å². The van der Waals surface area contributed by atoms with Crippen LogP contribution >= 0.6 is 0 Å². The number of aromatic nitrogens is 1. The van der Waals surface area contributed by atoms with E-state index in [0.29, 0.717) is 5.52 Å². The van der Waals surface area contributed by atoms with Crippen molar-refractivity contribution < 1.29 is 13.2 Å². The second-order valence-electron chi connectivity index (χ2n) is 5.33. The topological polar surface area (TPSA) is 4.93 Å². The van der Waals surface area contributed by atoms with E-state index in [1.807, 2.05) is 54.1 Å². The summed E-state index contributed by atoms with van der Waals surface area (Å²) in [6, 6.07) is 15.6. The third-order valence-corrected chi connectivity index (χ3v) is 3.96. The number of alkyl halides is 3. The summed E-state index contributed by atoms with van der Waals surface area (Å²) in [4.78, 5) is 0. The summed E-state index contributed by atoms with van der Waals surface area (Å²) < 4.78 is 40.8. The van der Waals surface area contributed by atoms with Crippen LogP contribution in [-0.4, -0.2) is 4.57 Å². The van der Waals surface area contributed by atoms with Gasteiger partial charge in [0.2, 0.25) is 0 Å². The van der Waals surface area contributed by atoms with E-state index >= 15 is 0 Å². The molecular formula is C18H16F3N. The van der Waals surface area contributed by atoms with E-state index in [1.165, 1.54) is 12.1 Å². The molecule has 3 rings (SSSR count). The van der Waals surface area contributed by atoms with Gasteiger partial charge in [0.1, 0.15) is 0 Å². The minimum atomic E-state index is -4.32. The molecule has 0 spiro atoms. The SMILES string of the molecule is CCC(c1ccccc1)n1ccc2ccc(C(F)(F)F)cc21. The fourth-order valence-corrected chi connectivity index (χ4v) is 2.87. The van der Waals surface area contributed by atoms with Crippen LogP contribution in [0.4, 0.5) is 13.2 Å². The molecular weight excluding hydrogens is 287 g/mol. The first kappa shape index (κ1) is 14.7. The fraction of sp³-hybridized carbons (Fsp3) is 0.222. The highest BCUT2D eigenvalue weighted by molar-refractivity contribution is 5.81. The van der Waals surface area contributed by atoms with E-state index in [9.17, 15) is 13.2 Å². The second kappa shape index (κ2) is 5.52. The Hall–Kier alpha value is -2.23. The highest BCUT2D eigenvalue weighted by atomic mass is 19.4. The zero-order chi connectivity index (χ0) is 15.7. The van der Waals surface area contributed by atoms with Crippen molar-refractivity contribution in [1.29, 1.82) is 0 Å². The Balaban J connectivity index is 2.14. The first-order valence-electron chi connectivity index (χ1n) is 7.23. The maximum Gasteiger partial charge on any atom is 0.416 e. The smallest absolute Gasteiger partial charge is 0.340 e. The van der Waals surface area contributed by atoms with Gasteiger partial charge in [-0.3, -0.25) is 0 Å². The molecule has 0 fully saturated rings. The molecule has 0 aliphatic heterocycles. The zero-order valence-electron chi connectivity index (χ0n) is 12.1. The highest BCUT2D eigenvalue weighted by Gasteiger charge is 2.31. The summed E-state index contributed by atoms with van der Waals surface area (Å²) in [6.45, 7) is 2.04. The maximum atomic E-state index is 13.0. The van der Waals surface area contributed by atoms with Gasteiger partial charge in [-0.25, -0.2) is 0 Å². The first-order valence-corrected chi connectivity index (χ1v) is 7.23. The number of fused-ring (bicyclic) bond motifs is 1. The summed E-state index contributed by atoms with van der Waals surface area (Å²) in [5.74, 6) is 0. The van der Waals surface area contributed by atoms with Gasteiger partial charge in [-0.1, -0.05) is 43.3 Å². The summed E-state index contributed by atoms with van der Waals surface area (Å²) in [6.07, 6.45) is -1.65. The van der Waals surface area contributed by atoms with Gasteiger partial charge >= 0.3 is 6.18 Å². The number of halogens is 3. The quantitative estimate of drug-likeness (QED) is 0.588. The molecule has 0 bridgehead atoms. The van der Waals surface area contributed by atoms with Crippen LogP contribution in [0.25, 0.3) is 10.9 Å². The molecule has 1 heterocycles. The van der Waals surface area contributed by atoms with E-state index in [0.717, 1.165) is 23.4 Å². The molecule has 0 amide bonds. The molecule has 22 heavy (non-hydrogen) atoms. The van der Waals surface area contributed by atoms with Crippen molar-refractivity contribution in [2.24, 2.45) is 0 Å².